The van der Waals surface area contributed by atoms with Crippen LogP contribution in [0.15, 0.2) is 11.6 Å². The summed E-state index contributed by atoms with van der Waals surface area (Å²) in [5.41, 5.74) is 0.153. The number of carbonyl (C=O) groups is 2. The van der Waals surface area contributed by atoms with Gasteiger partial charge >= 0.3 is 5.97 Å². The first kappa shape index (κ1) is 15.7. The molecule has 0 fully saturated rings. The minimum absolute atomic E-state index is 0.0408. The van der Waals surface area contributed by atoms with Gasteiger partial charge in [0.25, 0.3) is 0 Å². The number of aliphatic hydroxyl groups is 1. The van der Waals surface area contributed by atoms with Crippen LogP contribution in [0.4, 0.5) is 0 Å². The van der Waals surface area contributed by atoms with Crippen molar-refractivity contribution in [2.45, 2.75) is 57.5 Å². The fourth-order valence-electron chi connectivity index (χ4n) is 2.18. The zero-order valence-corrected chi connectivity index (χ0v) is 11.2. The molecule has 0 spiro atoms. The number of carbonyl (C=O) groups excluding carboxylic acids is 1. The van der Waals surface area contributed by atoms with Crippen molar-refractivity contribution in [2.24, 2.45) is 0 Å². The first-order chi connectivity index (χ1) is 9.03. The number of aliphatic hydroxyl groups excluding tert-OH is 1. The molecule has 0 bridgehead atoms. The number of hydrogen-bond acceptors (Lipinski definition) is 4. The van der Waals surface area contributed by atoms with Gasteiger partial charge < -0.3 is 20.3 Å². The van der Waals surface area contributed by atoms with E-state index in [1.165, 1.54) is 6.08 Å². The molecule has 0 saturated carbocycles. The Labute approximate surface area is 112 Å². The Balaban J connectivity index is 2.88. The largest absolute Gasteiger partial charge is 0.478 e. The second kappa shape index (κ2) is 7.25. The zero-order chi connectivity index (χ0) is 14.4. The summed E-state index contributed by atoms with van der Waals surface area (Å²) < 4.78 is 5.71. The number of carboxylic acids is 1. The standard InChI is InChI=1S/C13H21NO5/c1-3-9(4-2)19-11-6-8(13(17)18)5-10(12(11)16)14-7-15/h6-7,9-12,16H,3-5H2,1-2H3,(H,14,15)(H,17,18)/t10-,11-,12-/m1/s1. The van der Waals surface area contributed by atoms with Gasteiger partial charge in [-0.1, -0.05) is 13.8 Å². The van der Waals surface area contributed by atoms with E-state index in [1.54, 1.807) is 0 Å². The summed E-state index contributed by atoms with van der Waals surface area (Å²) in [6.45, 7) is 3.93. The lowest BCUT2D eigenvalue weighted by atomic mass is 9.90. The number of aliphatic carboxylic acids is 1. The molecule has 0 unspecified atom stereocenters. The van der Waals surface area contributed by atoms with Gasteiger partial charge in [0, 0.05) is 12.0 Å². The predicted octanol–water partition coefficient (Wildman–Crippen LogP) is 0.450. The van der Waals surface area contributed by atoms with Crippen molar-refractivity contribution in [1.29, 1.82) is 0 Å². The second-order valence-corrected chi connectivity index (χ2v) is 4.62. The van der Waals surface area contributed by atoms with E-state index in [0.717, 1.165) is 12.8 Å². The molecule has 0 saturated heterocycles. The minimum Gasteiger partial charge on any atom is -0.478 e. The normalized spacial score (nSPS) is 26.9. The fourth-order valence-corrected chi connectivity index (χ4v) is 2.18. The molecular weight excluding hydrogens is 250 g/mol. The number of nitrogens with one attached hydrogen (secondary N) is 1. The number of hydrogen-bond donors (Lipinski definition) is 3. The van der Waals surface area contributed by atoms with Gasteiger partial charge in [-0.25, -0.2) is 4.79 Å². The molecule has 0 aromatic rings. The number of carboxylic acid groups (broad SMARTS) is 1. The highest BCUT2D eigenvalue weighted by Gasteiger charge is 2.35. The molecule has 3 N–H and O–H groups in total. The summed E-state index contributed by atoms with van der Waals surface area (Å²) in [5.74, 6) is -1.05. The maximum atomic E-state index is 11.1. The smallest absolute Gasteiger partial charge is 0.331 e. The maximum Gasteiger partial charge on any atom is 0.331 e. The minimum atomic E-state index is -1.05. The van der Waals surface area contributed by atoms with Gasteiger partial charge in [0.15, 0.2) is 0 Å². The molecule has 6 nitrogen and oxygen atoms in total. The monoisotopic (exact) mass is 271 g/mol. The maximum absolute atomic E-state index is 11.1. The van der Waals surface area contributed by atoms with Crippen LogP contribution in [-0.4, -0.2) is 46.9 Å². The lowest BCUT2D eigenvalue weighted by Crippen LogP contribution is -2.50. The Morgan fingerprint density at radius 1 is 1.58 bits per heavy atom. The van der Waals surface area contributed by atoms with Crippen molar-refractivity contribution in [1.82, 2.24) is 5.32 Å². The molecule has 0 aromatic heterocycles. The highest BCUT2D eigenvalue weighted by Crippen LogP contribution is 2.23. The van der Waals surface area contributed by atoms with E-state index in [0.29, 0.717) is 6.41 Å². The lowest BCUT2D eigenvalue weighted by Gasteiger charge is -2.34. The molecule has 1 aliphatic rings. The van der Waals surface area contributed by atoms with Crippen LogP contribution in [-0.2, 0) is 14.3 Å². The van der Waals surface area contributed by atoms with Crippen LogP contribution in [0.1, 0.15) is 33.1 Å². The molecule has 1 amide bonds. The molecule has 0 aliphatic heterocycles. The van der Waals surface area contributed by atoms with Crippen molar-refractivity contribution in [3.63, 3.8) is 0 Å². The van der Waals surface area contributed by atoms with E-state index in [4.69, 9.17) is 9.84 Å². The SMILES string of the molecule is CCC(CC)O[C@@H]1C=C(C(=O)O)C[C@@H](NC=O)[C@H]1O. The molecule has 0 heterocycles. The third-order valence-corrected chi connectivity index (χ3v) is 3.37. The average molecular weight is 271 g/mol. The van der Waals surface area contributed by atoms with Crippen LogP contribution in [0.3, 0.4) is 0 Å². The van der Waals surface area contributed by atoms with E-state index in [9.17, 15) is 14.7 Å². The van der Waals surface area contributed by atoms with E-state index >= 15 is 0 Å². The Kier molecular flexibility index (Phi) is 5.98. The summed E-state index contributed by atoms with van der Waals surface area (Å²) in [6, 6.07) is -0.632. The van der Waals surface area contributed by atoms with Gasteiger partial charge in [0.1, 0.15) is 12.2 Å². The summed E-state index contributed by atoms with van der Waals surface area (Å²) >= 11 is 0. The number of ether oxygens (including phenoxy) is 1. The van der Waals surface area contributed by atoms with Crippen molar-refractivity contribution < 1.29 is 24.5 Å². The van der Waals surface area contributed by atoms with Crippen LogP contribution in [0.25, 0.3) is 0 Å². The van der Waals surface area contributed by atoms with Gasteiger partial charge in [-0.15, -0.1) is 0 Å². The molecule has 3 atom stereocenters. The molecule has 1 rings (SSSR count). The Morgan fingerprint density at radius 2 is 2.21 bits per heavy atom. The molecule has 108 valence electrons. The summed E-state index contributed by atoms with van der Waals surface area (Å²) in [5, 5.41) is 21.6. The molecule has 1 aliphatic carbocycles. The van der Waals surface area contributed by atoms with Crippen LogP contribution in [0.2, 0.25) is 0 Å². The average Bonchev–Trinajstić information content (AvgIpc) is 2.39. The van der Waals surface area contributed by atoms with Gasteiger partial charge in [0.2, 0.25) is 6.41 Å². The quantitative estimate of drug-likeness (QED) is 0.584. The van der Waals surface area contributed by atoms with Gasteiger partial charge in [-0.2, -0.15) is 0 Å². The first-order valence-electron chi connectivity index (χ1n) is 6.50. The zero-order valence-electron chi connectivity index (χ0n) is 11.2. The Bertz CT molecular complexity index is 351. The first-order valence-corrected chi connectivity index (χ1v) is 6.50. The fraction of sp³-hybridized carbons (Fsp3) is 0.692. The lowest BCUT2D eigenvalue weighted by molar-refractivity contribution is -0.134. The van der Waals surface area contributed by atoms with Crippen LogP contribution < -0.4 is 5.32 Å². The van der Waals surface area contributed by atoms with Crippen molar-refractivity contribution in [2.75, 3.05) is 0 Å². The van der Waals surface area contributed by atoms with Crippen molar-refractivity contribution >= 4 is 12.4 Å². The Hall–Kier alpha value is -1.40. The molecule has 19 heavy (non-hydrogen) atoms. The topological polar surface area (TPSA) is 95.9 Å². The van der Waals surface area contributed by atoms with E-state index in [1.807, 2.05) is 13.8 Å². The summed E-state index contributed by atoms with van der Waals surface area (Å²) in [6.07, 6.45) is 1.87. The van der Waals surface area contributed by atoms with E-state index in [2.05, 4.69) is 5.32 Å². The third-order valence-electron chi connectivity index (χ3n) is 3.37. The van der Waals surface area contributed by atoms with E-state index in [-0.39, 0.29) is 18.1 Å². The van der Waals surface area contributed by atoms with Crippen molar-refractivity contribution in [3.8, 4) is 0 Å². The highest BCUT2D eigenvalue weighted by molar-refractivity contribution is 5.87. The van der Waals surface area contributed by atoms with Crippen LogP contribution in [0.5, 0.6) is 0 Å². The van der Waals surface area contributed by atoms with Crippen molar-refractivity contribution in [3.05, 3.63) is 11.6 Å². The second-order valence-electron chi connectivity index (χ2n) is 4.62. The number of amides is 1. The summed E-state index contributed by atoms with van der Waals surface area (Å²) in [4.78, 5) is 21.6. The van der Waals surface area contributed by atoms with Gasteiger partial charge in [0.05, 0.1) is 12.1 Å². The van der Waals surface area contributed by atoms with Crippen LogP contribution >= 0.6 is 0 Å². The van der Waals surface area contributed by atoms with Crippen LogP contribution in [0, 0.1) is 0 Å². The molecule has 0 aromatic carbocycles. The molecule has 6 heteroatoms. The third kappa shape index (κ3) is 4.04. The predicted molar refractivity (Wildman–Crippen MR) is 68.6 cm³/mol. The summed E-state index contributed by atoms with van der Waals surface area (Å²) in [7, 11) is 0. The van der Waals surface area contributed by atoms with Gasteiger partial charge in [-0.05, 0) is 18.9 Å². The number of rotatable bonds is 7. The van der Waals surface area contributed by atoms with E-state index < -0.39 is 24.2 Å². The molecular formula is C13H21NO5. The molecule has 0 radical (unpaired) electrons. The Morgan fingerprint density at radius 3 is 2.68 bits per heavy atom. The highest BCUT2D eigenvalue weighted by atomic mass is 16.5. The van der Waals surface area contributed by atoms with Gasteiger partial charge in [-0.3, -0.25) is 4.79 Å².